The van der Waals surface area contributed by atoms with Gasteiger partial charge in [0.1, 0.15) is 0 Å². The van der Waals surface area contributed by atoms with Gasteiger partial charge in [0.2, 0.25) is 5.91 Å². The fourth-order valence-corrected chi connectivity index (χ4v) is 2.89. The van der Waals surface area contributed by atoms with Crippen molar-refractivity contribution in [2.75, 3.05) is 11.4 Å². The van der Waals surface area contributed by atoms with Gasteiger partial charge < -0.3 is 0 Å². The van der Waals surface area contributed by atoms with Crippen LogP contribution in [-0.4, -0.2) is 33.0 Å². The van der Waals surface area contributed by atoms with Crippen LogP contribution in [0.1, 0.15) is 38.8 Å². The lowest BCUT2D eigenvalue weighted by atomic mass is 10.1. The molecule has 2 rings (SSSR count). The lowest BCUT2D eigenvalue weighted by molar-refractivity contribution is -0.117. The molecule has 6 heteroatoms. The zero-order valence-corrected chi connectivity index (χ0v) is 11.6. The van der Waals surface area contributed by atoms with E-state index in [1.807, 2.05) is 6.07 Å². The smallest absolute Gasteiger partial charge is 0.229 e. The largest absolute Gasteiger partial charge is 0.294 e. The van der Waals surface area contributed by atoms with Crippen molar-refractivity contribution in [3.05, 3.63) is 11.8 Å². The van der Waals surface area contributed by atoms with Gasteiger partial charge in [-0.3, -0.25) is 19.6 Å². The van der Waals surface area contributed by atoms with Gasteiger partial charge in [-0.05, 0) is 5.92 Å². The molecular weight excluding hydrogens is 250 g/mol. The van der Waals surface area contributed by atoms with Gasteiger partial charge in [0.05, 0.1) is 0 Å². The molecule has 98 valence electrons. The number of H-pyrrole nitrogens is 1. The summed E-state index contributed by atoms with van der Waals surface area (Å²) >= 11 is 1.24. The van der Waals surface area contributed by atoms with Crippen LogP contribution in [0.5, 0.6) is 0 Å². The van der Waals surface area contributed by atoms with Crippen LogP contribution in [0.15, 0.2) is 6.07 Å². The lowest BCUT2D eigenvalue weighted by Crippen LogP contribution is -2.25. The molecule has 0 aliphatic carbocycles. The third-order valence-corrected chi connectivity index (χ3v) is 3.89. The Morgan fingerprint density at radius 1 is 1.61 bits per heavy atom. The van der Waals surface area contributed by atoms with E-state index in [9.17, 15) is 9.59 Å². The predicted molar refractivity (Wildman–Crippen MR) is 71.7 cm³/mol. The molecule has 1 N–H and O–H groups in total. The Balaban J connectivity index is 2.09. The molecule has 5 nitrogen and oxygen atoms in total. The molecule has 0 aromatic carbocycles. The molecule has 1 amide bonds. The first-order chi connectivity index (χ1) is 8.47. The quantitative estimate of drug-likeness (QED) is 0.908. The maximum atomic E-state index is 11.9. The Morgan fingerprint density at radius 3 is 2.89 bits per heavy atom. The average Bonchev–Trinajstić information content (AvgIpc) is 2.83. The maximum Gasteiger partial charge on any atom is 0.229 e. The van der Waals surface area contributed by atoms with Crippen molar-refractivity contribution in [1.29, 1.82) is 0 Å². The minimum atomic E-state index is 0.0376. The van der Waals surface area contributed by atoms with Crippen molar-refractivity contribution in [1.82, 2.24) is 10.2 Å². The normalized spacial score (nSPS) is 19.9. The highest BCUT2D eigenvalue weighted by Gasteiger charge is 2.33. The summed E-state index contributed by atoms with van der Waals surface area (Å²) in [6, 6.07) is 1.91. The number of aromatic amines is 1. The van der Waals surface area contributed by atoms with E-state index in [4.69, 9.17) is 0 Å². The zero-order valence-electron chi connectivity index (χ0n) is 10.8. The molecule has 2 heterocycles. The first-order valence-electron chi connectivity index (χ1n) is 6.00. The molecule has 1 unspecified atom stereocenters. The second-order valence-corrected chi connectivity index (χ2v) is 6.25. The lowest BCUT2D eigenvalue weighted by Gasteiger charge is -2.12. The number of hydrogen-bond donors (Lipinski definition) is 1. The Bertz CT molecular complexity index is 470. The van der Waals surface area contributed by atoms with Crippen LogP contribution in [0, 0.1) is 0 Å². The van der Waals surface area contributed by atoms with Crippen LogP contribution in [0.25, 0.3) is 0 Å². The number of nitrogens with zero attached hydrogens (tertiary/aromatic N) is 2. The van der Waals surface area contributed by atoms with Crippen LogP contribution in [-0.2, 0) is 9.59 Å². The summed E-state index contributed by atoms with van der Waals surface area (Å²) in [6.07, 6.45) is 0.411. The van der Waals surface area contributed by atoms with E-state index in [0.29, 0.717) is 24.7 Å². The second-order valence-electron chi connectivity index (χ2n) is 4.78. The number of thioether (sulfide) groups is 1. The van der Waals surface area contributed by atoms with Gasteiger partial charge in [0, 0.05) is 36.9 Å². The van der Waals surface area contributed by atoms with Crippen molar-refractivity contribution < 1.29 is 9.59 Å². The molecule has 1 fully saturated rings. The molecule has 1 aliphatic heterocycles. The van der Waals surface area contributed by atoms with Gasteiger partial charge in [-0.15, -0.1) is 0 Å². The van der Waals surface area contributed by atoms with Crippen LogP contribution >= 0.6 is 11.8 Å². The summed E-state index contributed by atoms with van der Waals surface area (Å²) in [4.78, 5) is 24.6. The average molecular weight is 267 g/mol. The molecule has 0 saturated carbocycles. The maximum absolute atomic E-state index is 11.9. The molecule has 18 heavy (non-hydrogen) atoms. The summed E-state index contributed by atoms with van der Waals surface area (Å²) in [5, 5.41) is 7.22. The minimum Gasteiger partial charge on any atom is -0.294 e. The van der Waals surface area contributed by atoms with Gasteiger partial charge in [-0.1, -0.05) is 25.6 Å². The number of rotatable bonds is 3. The zero-order chi connectivity index (χ0) is 13.3. The van der Waals surface area contributed by atoms with Crippen molar-refractivity contribution in [3.8, 4) is 0 Å². The van der Waals surface area contributed by atoms with Crippen LogP contribution in [0.3, 0.4) is 0 Å². The number of anilines is 1. The van der Waals surface area contributed by atoms with Crippen LogP contribution in [0.4, 0.5) is 5.82 Å². The minimum absolute atomic E-state index is 0.0376. The van der Waals surface area contributed by atoms with E-state index in [0.717, 1.165) is 5.69 Å². The number of hydrogen-bond acceptors (Lipinski definition) is 4. The molecule has 1 aliphatic rings. The number of carbonyl (C=O) groups excluding carboxylic acids is 2. The summed E-state index contributed by atoms with van der Waals surface area (Å²) in [7, 11) is 0. The second kappa shape index (κ2) is 5.14. The first-order valence-corrected chi connectivity index (χ1v) is 6.88. The predicted octanol–water partition coefficient (Wildman–Crippen LogP) is 1.92. The van der Waals surface area contributed by atoms with E-state index in [-0.39, 0.29) is 16.3 Å². The van der Waals surface area contributed by atoms with Crippen molar-refractivity contribution in [3.63, 3.8) is 0 Å². The molecule has 1 saturated heterocycles. The summed E-state index contributed by atoms with van der Waals surface area (Å²) in [5.41, 5.74) is 1.01. The SMILES string of the molecule is CC(=O)SC1CC(=O)N(c2cc(C(C)C)[nH]n2)C1. The molecule has 0 spiro atoms. The molecule has 1 aromatic heterocycles. The van der Waals surface area contributed by atoms with Crippen molar-refractivity contribution in [2.45, 2.75) is 38.4 Å². The summed E-state index contributed by atoms with van der Waals surface area (Å²) in [6.45, 7) is 6.23. The van der Waals surface area contributed by atoms with E-state index in [1.54, 1.807) is 4.90 Å². The number of carbonyl (C=O) groups is 2. The van der Waals surface area contributed by atoms with Crippen LogP contribution < -0.4 is 4.90 Å². The molecule has 1 aromatic rings. The Kier molecular flexibility index (Phi) is 3.75. The topological polar surface area (TPSA) is 66.1 Å². The highest BCUT2D eigenvalue weighted by Crippen LogP contribution is 2.28. The van der Waals surface area contributed by atoms with Crippen LogP contribution in [0.2, 0.25) is 0 Å². The number of aromatic nitrogens is 2. The number of amides is 1. The van der Waals surface area contributed by atoms with E-state index in [1.165, 1.54) is 18.7 Å². The Labute approximate surface area is 110 Å². The third-order valence-electron chi connectivity index (χ3n) is 2.90. The molecule has 0 bridgehead atoms. The molecular formula is C12H17N3O2S. The fourth-order valence-electron chi connectivity index (χ4n) is 1.97. The van der Waals surface area contributed by atoms with Gasteiger partial charge in [-0.25, -0.2) is 0 Å². The number of nitrogens with one attached hydrogen (secondary N) is 1. The van der Waals surface area contributed by atoms with Gasteiger partial charge in [0.25, 0.3) is 0 Å². The monoisotopic (exact) mass is 267 g/mol. The summed E-state index contributed by atoms with van der Waals surface area (Å²) in [5.74, 6) is 1.05. The van der Waals surface area contributed by atoms with Gasteiger partial charge >= 0.3 is 0 Å². The third kappa shape index (κ3) is 2.75. The van der Waals surface area contributed by atoms with E-state index >= 15 is 0 Å². The highest BCUT2D eigenvalue weighted by atomic mass is 32.2. The van der Waals surface area contributed by atoms with Crippen molar-refractivity contribution in [2.24, 2.45) is 0 Å². The van der Waals surface area contributed by atoms with E-state index < -0.39 is 0 Å². The van der Waals surface area contributed by atoms with Crippen molar-refractivity contribution >= 4 is 28.6 Å². The first kappa shape index (κ1) is 13.1. The summed E-state index contributed by atoms with van der Waals surface area (Å²) < 4.78 is 0. The molecule has 0 radical (unpaired) electrons. The fraction of sp³-hybridized carbons (Fsp3) is 0.583. The Morgan fingerprint density at radius 2 is 2.33 bits per heavy atom. The highest BCUT2D eigenvalue weighted by molar-refractivity contribution is 8.14. The van der Waals surface area contributed by atoms with Gasteiger partial charge in [0.15, 0.2) is 10.9 Å². The standard InChI is InChI=1S/C12H17N3O2S/c1-7(2)10-5-11(14-13-10)15-6-9(4-12(15)17)18-8(3)16/h5,7,9H,4,6H2,1-3H3,(H,13,14). The van der Waals surface area contributed by atoms with Gasteiger partial charge in [-0.2, -0.15) is 5.10 Å². The Hall–Kier alpha value is -1.30. The molecule has 1 atom stereocenters. The van der Waals surface area contributed by atoms with E-state index in [2.05, 4.69) is 24.0 Å².